The average Bonchev–Trinajstić information content (AvgIpc) is 2.69. The molecular weight excluding hydrogens is 208 g/mol. The van der Waals surface area contributed by atoms with Gasteiger partial charge in [-0.25, -0.2) is 0 Å². The SMILES string of the molecule is CC(C)CCCC[C@H]1CC[C@H]2C(O)CCC[C@H]12. The third kappa shape index (κ3) is 3.47. The number of fused-ring (bicyclic) bond motifs is 1. The maximum absolute atomic E-state index is 10.0. The van der Waals surface area contributed by atoms with E-state index in [1.165, 1.54) is 51.4 Å². The van der Waals surface area contributed by atoms with Gasteiger partial charge in [0, 0.05) is 0 Å². The molecule has 2 aliphatic rings. The standard InChI is InChI=1S/C16H30O/c1-12(2)6-3-4-7-13-10-11-15-14(13)8-5-9-16(15)17/h12-17H,3-11H2,1-2H3/t13-,14+,15+,16?/m0/s1. The van der Waals surface area contributed by atoms with E-state index in [9.17, 15) is 5.11 Å². The Labute approximate surface area is 107 Å². The molecular formula is C16H30O. The van der Waals surface area contributed by atoms with Crippen LogP contribution >= 0.6 is 0 Å². The summed E-state index contributed by atoms with van der Waals surface area (Å²) in [5, 5.41) is 10.0. The smallest absolute Gasteiger partial charge is 0.0571 e. The van der Waals surface area contributed by atoms with Crippen molar-refractivity contribution >= 4 is 0 Å². The van der Waals surface area contributed by atoms with E-state index in [-0.39, 0.29) is 6.10 Å². The fourth-order valence-corrected chi connectivity index (χ4v) is 4.21. The fourth-order valence-electron chi connectivity index (χ4n) is 4.21. The highest BCUT2D eigenvalue weighted by molar-refractivity contribution is 4.91. The molecule has 1 unspecified atom stereocenters. The maximum Gasteiger partial charge on any atom is 0.0571 e. The topological polar surface area (TPSA) is 20.2 Å². The lowest BCUT2D eigenvalue weighted by molar-refractivity contribution is 0.0367. The highest BCUT2D eigenvalue weighted by Gasteiger charge is 2.41. The molecule has 0 aromatic rings. The summed E-state index contributed by atoms with van der Waals surface area (Å²) in [5.41, 5.74) is 0. The van der Waals surface area contributed by atoms with Gasteiger partial charge < -0.3 is 5.11 Å². The van der Waals surface area contributed by atoms with Crippen molar-refractivity contribution in [2.24, 2.45) is 23.7 Å². The minimum atomic E-state index is 0.0365. The predicted octanol–water partition coefficient (Wildman–Crippen LogP) is 4.39. The van der Waals surface area contributed by atoms with Gasteiger partial charge in [0.2, 0.25) is 0 Å². The normalized spacial score (nSPS) is 37.4. The van der Waals surface area contributed by atoms with Crippen LogP contribution in [0.2, 0.25) is 0 Å². The van der Waals surface area contributed by atoms with Crippen LogP contribution in [0.1, 0.15) is 71.6 Å². The van der Waals surface area contributed by atoms with Gasteiger partial charge in [0.15, 0.2) is 0 Å². The van der Waals surface area contributed by atoms with Crippen molar-refractivity contribution in [3.8, 4) is 0 Å². The molecule has 4 atom stereocenters. The first-order chi connectivity index (χ1) is 8.18. The number of unbranched alkanes of at least 4 members (excludes halogenated alkanes) is 1. The molecule has 100 valence electrons. The van der Waals surface area contributed by atoms with Crippen LogP contribution in [0.3, 0.4) is 0 Å². The van der Waals surface area contributed by atoms with Gasteiger partial charge in [-0.05, 0) is 49.4 Å². The second-order valence-electron chi connectivity index (χ2n) is 6.84. The Balaban J connectivity index is 1.71. The molecule has 0 amide bonds. The minimum absolute atomic E-state index is 0.0365. The molecule has 0 radical (unpaired) electrons. The highest BCUT2D eigenvalue weighted by Crippen LogP contribution is 2.47. The summed E-state index contributed by atoms with van der Waals surface area (Å²) in [6.45, 7) is 4.65. The first-order valence-electron chi connectivity index (χ1n) is 7.86. The third-order valence-electron chi connectivity index (χ3n) is 5.16. The number of aliphatic hydroxyl groups excluding tert-OH is 1. The van der Waals surface area contributed by atoms with Gasteiger partial charge in [0.05, 0.1) is 6.10 Å². The largest absolute Gasteiger partial charge is 0.393 e. The molecule has 2 rings (SSSR count). The molecule has 0 aliphatic heterocycles. The molecule has 1 N–H and O–H groups in total. The zero-order chi connectivity index (χ0) is 12.3. The molecule has 2 fully saturated rings. The Morgan fingerprint density at radius 1 is 1.00 bits per heavy atom. The minimum Gasteiger partial charge on any atom is -0.393 e. The van der Waals surface area contributed by atoms with E-state index >= 15 is 0 Å². The van der Waals surface area contributed by atoms with Gasteiger partial charge in [-0.1, -0.05) is 46.0 Å². The van der Waals surface area contributed by atoms with Crippen molar-refractivity contribution in [1.29, 1.82) is 0 Å². The van der Waals surface area contributed by atoms with Crippen molar-refractivity contribution in [3.05, 3.63) is 0 Å². The summed E-state index contributed by atoms with van der Waals surface area (Å²) in [6.07, 6.45) is 12.1. The molecule has 0 saturated heterocycles. The van der Waals surface area contributed by atoms with Crippen molar-refractivity contribution in [2.45, 2.75) is 77.7 Å². The number of rotatable bonds is 5. The van der Waals surface area contributed by atoms with Gasteiger partial charge in [-0.2, -0.15) is 0 Å². The van der Waals surface area contributed by atoms with Crippen LogP contribution in [0.25, 0.3) is 0 Å². The lowest BCUT2D eigenvalue weighted by atomic mass is 9.75. The van der Waals surface area contributed by atoms with Gasteiger partial charge >= 0.3 is 0 Å². The fraction of sp³-hybridized carbons (Fsp3) is 1.00. The maximum atomic E-state index is 10.0. The molecule has 2 aliphatic carbocycles. The van der Waals surface area contributed by atoms with Gasteiger partial charge in [-0.15, -0.1) is 0 Å². The van der Waals surface area contributed by atoms with Crippen LogP contribution in [-0.4, -0.2) is 11.2 Å². The first-order valence-corrected chi connectivity index (χ1v) is 7.86. The number of aliphatic hydroxyl groups is 1. The molecule has 0 bridgehead atoms. The predicted molar refractivity (Wildman–Crippen MR) is 72.9 cm³/mol. The van der Waals surface area contributed by atoms with Crippen molar-refractivity contribution in [3.63, 3.8) is 0 Å². The van der Waals surface area contributed by atoms with Crippen molar-refractivity contribution in [2.75, 3.05) is 0 Å². The summed E-state index contributed by atoms with van der Waals surface area (Å²) >= 11 is 0. The van der Waals surface area contributed by atoms with Crippen molar-refractivity contribution in [1.82, 2.24) is 0 Å². The quantitative estimate of drug-likeness (QED) is 0.704. The Kier molecular flexibility index (Phi) is 4.90. The molecule has 2 saturated carbocycles. The van der Waals surface area contributed by atoms with E-state index in [0.29, 0.717) is 5.92 Å². The van der Waals surface area contributed by atoms with Gasteiger partial charge in [0.1, 0.15) is 0 Å². The van der Waals surface area contributed by atoms with Crippen LogP contribution in [0.15, 0.2) is 0 Å². The van der Waals surface area contributed by atoms with E-state index in [1.807, 2.05) is 0 Å². The lowest BCUT2D eigenvalue weighted by Crippen LogP contribution is -2.30. The Morgan fingerprint density at radius 3 is 2.59 bits per heavy atom. The summed E-state index contributed by atoms with van der Waals surface area (Å²) in [6, 6.07) is 0. The summed E-state index contributed by atoms with van der Waals surface area (Å²) in [5.74, 6) is 3.35. The van der Waals surface area contributed by atoms with Crippen LogP contribution in [0, 0.1) is 23.7 Å². The van der Waals surface area contributed by atoms with E-state index in [4.69, 9.17) is 0 Å². The second-order valence-corrected chi connectivity index (χ2v) is 6.84. The average molecular weight is 238 g/mol. The van der Waals surface area contributed by atoms with E-state index < -0.39 is 0 Å². The van der Waals surface area contributed by atoms with E-state index in [2.05, 4.69) is 13.8 Å². The zero-order valence-corrected chi connectivity index (χ0v) is 11.7. The van der Waals surface area contributed by atoms with E-state index in [0.717, 1.165) is 24.2 Å². The summed E-state index contributed by atoms with van der Waals surface area (Å²) in [7, 11) is 0. The third-order valence-corrected chi connectivity index (χ3v) is 5.16. The molecule has 0 spiro atoms. The number of hydrogen-bond acceptors (Lipinski definition) is 1. The zero-order valence-electron chi connectivity index (χ0n) is 11.7. The lowest BCUT2D eigenvalue weighted by Gasteiger charge is -2.33. The van der Waals surface area contributed by atoms with Crippen molar-refractivity contribution < 1.29 is 5.11 Å². The Hall–Kier alpha value is -0.0400. The van der Waals surface area contributed by atoms with Gasteiger partial charge in [-0.3, -0.25) is 0 Å². The summed E-state index contributed by atoms with van der Waals surface area (Å²) in [4.78, 5) is 0. The van der Waals surface area contributed by atoms with E-state index in [1.54, 1.807) is 0 Å². The van der Waals surface area contributed by atoms with Crippen LogP contribution in [0.4, 0.5) is 0 Å². The molecule has 1 heteroatoms. The molecule has 0 heterocycles. The molecule has 0 aromatic heterocycles. The van der Waals surface area contributed by atoms with Crippen LogP contribution in [-0.2, 0) is 0 Å². The first kappa shape index (κ1) is 13.4. The van der Waals surface area contributed by atoms with Crippen LogP contribution < -0.4 is 0 Å². The van der Waals surface area contributed by atoms with Crippen LogP contribution in [0.5, 0.6) is 0 Å². The van der Waals surface area contributed by atoms with Gasteiger partial charge in [0.25, 0.3) is 0 Å². The Morgan fingerprint density at radius 2 is 1.82 bits per heavy atom. The molecule has 0 aromatic carbocycles. The molecule has 17 heavy (non-hydrogen) atoms. The molecule has 1 nitrogen and oxygen atoms in total. The highest BCUT2D eigenvalue weighted by atomic mass is 16.3. The number of hydrogen-bond donors (Lipinski definition) is 1. The second kappa shape index (κ2) is 6.22. The monoisotopic (exact) mass is 238 g/mol. The summed E-state index contributed by atoms with van der Waals surface area (Å²) < 4.78 is 0. The Bertz CT molecular complexity index is 224.